The Balaban J connectivity index is 2.81. The lowest BCUT2D eigenvalue weighted by Crippen LogP contribution is -2.21. The molecule has 7 nitrogen and oxygen atoms in total. The fourth-order valence-electron chi connectivity index (χ4n) is 0.855. The Morgan fingerprint density at radius 1 is 1.31 bits per heavy atom. The average molecular weight is 185 g/mol. The topological polar surface area (TPSA) is 105 Å². The maximum Gasteiger partial charge on any atom is 0.327 e. The zero-order valence-electron chi connectivity index (χ0n) is 6.49. The first kappa shape index (κ1) is 9.17. The van der Waals surface area contributed by atoms with Crippen molar-refractivity contribution in [3.8, 4) is 0 Å². The van der Waals surface area contributed by atoms with Gasteiger partial charge in [-0.3, -0.25) is 4.79 Å². The maximum atomic E-state index is 10.6. The van der Waals surface area contributed by atoms with Gasteiger partial charge in [-0.05, 0) is 0 Å². The summed E-state index contributed by atoms with van der Waals surface area (Å²) < 4.78 is 1.14. The van der Waals surface area contributed by atoms with Crippen LogP contribution in [0.1, 0.15) is 12.5 Å². The second-order valence-electron chi connectivity index (χ2n) is 2.36. The molecule has 1 aromatic heterocycles. The molecule has 13 heavy (non-hydrogen) atoms. The van der Waals surface area contributed by atoms with E-state index in [9.17, 15) is 9.59 Å². The van der Waals surface area contributed by atoms with Gasteiger partial charge in [0.2, 0.25) is 0 Å². The van der Waals surface area contributed by atoms with Gasteiger partial charge in [-0.2, -0.15) is 0 Å². The molecule has 70 valence electrons. The minimum absolute atomic E-state index is 0.493. The molecule has 1 aromatic rings. The molecule has 7 heteroatoms. The van der Waals surface area contributed by atoms with Crippen LogP contribution in [0.15, 0.2) is 12.7 Å². The van der Waals surface area contributed by atoms with E-state index in [1.807, 2.05) is 0 Å². The highest BCUT2D eigenvalue weighted by atomic mass is 16.4. The SMILES string of the molecule is O=C(O)CC(C(=O)O)n1cnnc1. The molecule has 1 atom stereocenters. The number of hydrogen-bond acceptors (Lipinski definition) is 4. The lowest BCUT2D eigenvalue weighted by molar-refractivity contribution is -0.147. The number of aromatic nitrogens is 3. The monoisotopic (exact) mass is 185 g/mol. The van der Waals surface area contributed by atoms with Crippen LogP contribution in [0.3, 0.4) is 0 Å². The predicted molar refractivity (Wildman–Crippen MR) is 38.9 cm³/mol. The van der Waals surface area contributed by atoms with Crippen molar-refractivity contribution in [3.05, 3.63) is 12.7 Å². The van der Waals surface area contributed by atoms with Crippen LogP contribution in [0, 0.1) is 0 Å². The molecule has 0 fully saturated rings. The van der Waals surface area contributed by atoms with Gasteiger partial charge in [-0.25, -0.2) is 4.79 Å². The maximum absolute atomic E-state index is 10.6. The van der Waals surface area contributed by atoms with E-state index in [1.54, 1.807) is 0 Å². The van der Waals surface area contributed by atoms with Crippen LogP contribution in [-0.2, 0) is 9.59 Å². The Labute approximate surface area is 72.6 Å². The van der Waals surface area contributed by atoms with Crippen molar-refractivity contribution in [1.82, 2.24) is 14.8 Å². The van der Waals surface area contributed by atoms with E-state index < -0.39 is 24.4 Å². The number of nitrogens with zero attached hydrogens (tertiary/aromatic N) is 3. The van der Waals surface area contributed by atoms with E-state index in [1.165, 1.54) is 12.7 Å². The first-order valence-corrected chi connectivity index (χ1v) is 3.40. The van der Waals surface area contributed by atoms with Crippen molar-refractivity contribution in [2.24, 2.45) is 0 Å². The van der Waals surface area contributed by atoms with Crippen molar-refractivity contribution in [2.45, 2.75) is 12.5 Å². The van der Waals surface area contributed by atoms with Crippen LogP contribution in [-0.4, -0.2) is 36.9 Å². The minimum atomic E-state index is -1.22. The van der Waals surface area contributed by atoms with Gasteiger partial charge in [0.1, 0.15) is 18.7 Å². The highest BCUT2D eigenvalue weighted by Gasteiger charge is 2.22. The molecular weight excluding hydrogens is 178 g/mol. The molecule has 0 radical (unpaired) electrons. The lowest BCUT2D eigenvalue weighted by atomic mass is 10.2. The van der Waals surface area contributed by atoms with Crippen molar-refractivity contribution in [1.29, 1.82) is 0 Å². The number of aliphatic carboxylic acids is 2. The number of carbonyl (C=O) groups is 2. The molecule has 0 saturated carbocycles. The van der Waals surface area contributed by atoms with E-state index in [0.717, 1.165) is 4.57 Å². The Morgan fingerprint density at radius 2 is 1.85 bits per heavy atom. The summed E-state index contributed by atoms with van der Waals surface area (Å²) >= 11 is 0. The summed E-state index contributed by atoms with van der Waals surface area (Å²) in [6.45, 7) is 0. The van der Waals surface area contributed by atoms with Gasteiger partial charge in [0.15, 0.2) is 0 Å². The third-order valence-corrected chi connectivity index (χ3v) is 1.45. The number of carboxylic acid groups (broad SMARTS) is 2. The summed E-state index contributed by atoms with van der Waals surface area (Å²) in [5.41, 5.74) is 0. The standard InChI is InChI=1S/C6H7N3O4/c10-5(11)1-4(6(12)13)9-2-7-8-3-9/h2-4H,1H2,(H,10,11)(H,12,13). The smallest absolute Gasteiger partial charge is 0.327 e. The summed E-state index contributed by atoms with van der Waals surface area (Å²) in [5, 5.41) is 23.8. The molecule has 0 aliphatic heterocycles. The van der Waals surface area contributed by atoms with Gasteiger partial charge in [0, 0.05) is 0 Å². The molecule has 0 amide bonds. The molecule has 1 heterocycles. The number of rotatable bonds is 4. The van der Waals surface area contributed by atoms with E-state index in [2.05, 4.69) is 10.2 Å². The fourth-order valence-corrected chi connectivity index (χ4v) is 0.855. The summed E-state index contributed by atoms with van der Waals surface area (Å²) in [5.74, 6) is -2.40. The first-order valence-electron chi connectivity index (χ1n) is 3.40. The van der Waals surface area contributed by atoms with Crippen molar-refractivity contribution >= 4 is 11.9 Å². The van der Waals surface area contributed by atoms with Crippen LogP contribution in [0.25, 0.3) is 0 Å². The van der Waals surface area contributed by atoms with Crippen LogP contribution in [0.5, 0.6) is 0 Å². The highest BCUT2D eigenvalue weighted by Crippen LogP contribution is 2.09. The fraction of sp³-hybridized carbons (Fsp3) is 0.333. The van der Waals surface area contributed by atoms with E-state index in [-0.39, 0.29) is 0 Å². The highest BCUT2D eigenvalue weighted by molar-refractivity contribution is 5.79. The number of carboxylic acids is 2. The zero-order valence-corrected chi connectivity index (χ0v) is 6.49. The van der Waals surface area contributed by atoms with E-state index >= 15 is 0 Å². The quantitative estimate of drug-likeness (QED) is 0.647. The first-order chi connectivity index (χ1) is 6.11. The Kier molecular flexibility index (Phi) is 2.58. The second-order valence-corrected chi connectivity index (χ2v) is 2.36. The molecule has 0 aliphatic carbocycles. The molecule has 0 saturated heterocycles. The van der Waals surface area contributed by atoms with E-state index in [0.29, 0.717) is 0 Å². The van der Waals surface area contributed by atoms with Crippen molar-refractivity contribution < 1.29 is 19.8 Å². The van der Waals surface area contributed by atoms with Gasteiger partial charge in [0.25, 0.3) is 0 Å². The molecule has 2 N–H and O–H groups in total. The third kappa shape index (κ3) is 2.26. The van der Waals surface area contributed by atoms with Crippen molar-refractivity contribution in [3.63, 3.8) is 0 Å². The van der Waals surface area contributed by atoms with E-state index in [4.69, 9.17) is 10.2 Å². The van der Waals surface area contributed by atoms with Crippen LogP contribution >= 0.6 is 0 Å². The second kappa shape index (κ2) is 3.65. The molecule has 0 bridgehead atoms. The van der Waals surface area contributed by atoms with Gasteiger partial charge in [-0.15, -0.1) is 10.2 Å². The van der Waals surface area contributed by atoms with Crippen LogP contribution in [0.4, 0.5) is 0 Å². The van der Waals surface area contributed by atoms with Crippen LogP contribution < -0.4 is 0 Å². The van der Waals surface area contributed by atoms with Crippen LogP contribution in [0.2, 0.25) is 0 Å². The summed E-state index contributed by atoms with van der Waals surface area (Å²) in [4.78, 5) is 20.9. The largest absolute Gasteiger partial charge is 0.481 e. The summed E-state index contributed by atoms with van der Waals surface area (Å²) in [6, 6.07) is -1.15. The minimum Gasteiger partial charge on any atom is -0.481 e. The predicted octanol–water partition coefficient (Wildman–Crippen LogP) is -0.622. The Morgan fingerprint density at radius 3 is 2.23 bits per heavy atom. The van der Waals surface area contributed by atoms with Gasteiger partial charge >= 0.3 is 11.9 Å². The Bertz CT molecular complexity index is 308. The third-order valence-electron chi connectivity index (χ3n) is 1.45. The molecule has 1 rings (SSSR count). The molecule has 0 aliphatic rings. The Hall–Kier alpha value is -1.92. The molecule has 1 unspecified atom stereocenters. The van der Waals surface area contributed by atoms with Gasteiger partial charge < -0.3 is 14.8 Å². The molecule has 0 spiro atoms. The molecule has 0 aromatic carbocycles. The zero-order chi connectivity index (χ0) is 9.84. The van der Waals surface area contributed by atoms with Gasteiger partial charge in [0.05, 0.1) is 6.42 Å². The lowest BCUT2D eigenvalue weighted by Gasteiger charge is -2.09. The molecular formula is C6H7N3O4. The normalized spacial score (nSPS) is 12.3. The van der Waals surface area contributed by atoms with Gasteiger partial charge in [-0.1, -0.05) is 0 Å². The average Bonchev–Trinajstić information content (AvgIpc) is 2.50. The van der Waals surface area contributed by atoms with Crippen molar-refractivity contribution in [2.75, 3.05) is 0 Å². The summed E-state index contributed by atoms with van der Waals surface area (Å²) in [6.07, 6.45) is 1.84. The summed E-state index contributed by atoms with van der Waals surface area (Å²) in [7, 11) is 0. The number of hydrogen-bond donors (Lipinski definition) is 2.